The topological polar surface area (TPSA) is 45.4 Å². The molecule has 0 aliphatic heterocycles. The van der Waals surface area contributed by atoms with Crippen molar-refractivity contribution in [1.82, 2.24) is 9.13 Å². The molecule has 0 aliphatic carbocycles. The zero-order valence-electron chi connectivity index (χ0n) is 10.2. The molecule has 0 N–H and O–H groups in total. The summed E-state index contributed by atoms with van der Waals surface area (Å²) in [6.45, 7) is 0.382. The lowest BCUT2D eigenvalue weighted by molar-refractivity contribution is -0.110. The Hall–Kier alpha value is -1.59. The summed E-state index contributed by atoms with van der Waals surface area (Å²) in [5.41, 5.74) is 1.73. The van der Waals surface area contributed by atoms with Gasteiger partial charge in [-0.25, -0.2) is 4.79 Å². The summed E-state index contributed by atoms with van der Waals surface area (Å²) in [5.74, 6) is 0. The van der Waals surface area contributed by atoms with Crippen molar-refractivity contribution in [2.75, 3.05) is 14.2 Å². The molecule has 5 nitrogen and oxygen atoms in total. The van der Waals surface area contributed by atoms with E-state index in [1.807, 2.05) is 24.3 Å². The Morgan fingerprint density at radius 3 is 2.35 bits per heavy atom. The first kappa shape index (κ1) is 11.9. The second-order valence-electron chi connectivity index (χ2n) is 3.84. The second kappa shape index (κ2) is 4.73. The van der Waals surface area contributed by atoms with Gasteiger partial charge in [0.2, 0.25) is 0 Å². The van der Waals surface area contributed by atoms with Gasteiger partial charge in [0.05, 0.1) is 17.6 Å². The van der Waals surface area contributed by atoms with Crippen molar-refractivity contribution >= 4 is 11.0 Å². The molecule has 0 fully saturated rings. The lowest BCUT2D eigenvalue weighted by Crippen LogP contribution is -2.29. The van der Waals surface area contributed by atoms with Crippen LogP contribution in [0.2, 0.25) is 0 Å². The summed E-state index contributed by atoms with van der Waals surface area (Å²) in [6.07, 6.45) is -0.418. The highest BCUT2D eigenvalue weighted by Gasteiger charge is 2.14. The Morgan fingerprint density at radius 1 is 1.18 bits per heavy atom. The van der Waals surface area contributed by atoms with Crippen molar-refractivity contribution in [3.63, 3.8) is 0 Å². The fourth-order valence-corrected chi connectivity index (χ4v) is 1.93. The SMILES string of the molecule is COC(Cn1c(=O)n(C)c2ccccc21)OC. The van der Waals surface area contributed by atoms with E-state index in [1.54, 1.807) is 30.4 Å². The molecule has 92 valence electrons. The molecule has 0 saturated carbocycles. The van der Waals surface area contributed by atoms with Crippen LogP contribution in [-0.4, -0.2) is 29.6 Å². The van der Waals surface area contributed by atoms with Crippen molar-refractivity contribution in [2.24, 2.45) is 7.05 Å². The predicted molar refractivity (Wildman–Crippen MR) is 65.0 cm³/mol. The van der Waals surface area contributed by atoms with Gasteiger partial charge in [-0.3, -0.25) is 9.13 Å². The number of methoxy groups -OCH3 is 2. The first-order valence-electron chi connectivity index (χ1n) is 5.39. The average Bonchev–Trinajstić information content (AvgIpc) is 2.61. The average molecular weight is 236 g/mol. The standard InChI is InChI=1S/C12H16N2O3/c1-13-9-6-4-5-7-10(9)14(12(13)15)8-11(16-2)17-3/h4-7,11H,8H2,1-3H3. The number of imidazole rings is 1. The summed E-state index contributed by atoms with van der Waals surface area (Å²) in [6, 6.07) is 7.66. The van der Waals surface area contributed by atoms with E-state index >= 15 is 0 Å². The van der Waals surface area contributed by atoms with Crippen LogP contribution in [0.5, 0.6) is 0 Å². The highest BCUT2D eigenvalue weighted by Crippen LogP contribution is 2.12. The lowest BCUT2D eigenvalue weighted by atomic mass is 10.3. The molecule has 2 rings (SSSR count). The zero-order valence-corrected chi connectivity index (χ0v) is 10.2. The Kier molecular flexibility index (Phi) is 3.31. The van der Waals surface area contributed by atoms with Crippen molar-refractivity contribution in [2.45, 2.75) is 12.8 Å². The number of nitrogens with zero attached hydrogens (tertiary/aromatic N) is 2. The maximum absolute atomic E-state index is 12.1. The maximum atomic E-state index is 12.1. The van der Waals surface area contributed by atoms with Gasteiger partial charge in [0, 0.05) is 21.3 Å². The van der Waals surface area contributed by atoms with Gasteiger partial charge in [0.1, 0.15) is 0 Å². The molecule has 0 spiro atoms. The molecular weight excluding hydrogens is 220 g/mol. The smallest absolute Gasteiger partial charge is 0.329 e. The molecular formula is C12H16N2O3. The molecule has 17 heavy (non-hydrogen) atoms. The third kappa shape index (κ3) is 1.99. The molecule has 1 aromatic carbocycles. The predicted octanol–water partition coefficient (Wildman–Crippen LogP) is 0.959. The largest absolute Gasteiger partial charge is 0.354 e. The molecule has 1 heterocycles. The van der Waals surface area contributed by atoms with Crippen LogP contribution < -0.4 is 5.69 Å². The van der Waals surface area contributed by atoms with E-state index in [2.05, 4.69) is 0 Å². The molecule has 2 aromatic rings. The highest BCUT2D eigenvalue weighted by molar-refractivity contribution is 5.75. The van der Waals surface area contributed by atoms with E-state index in [1.165, 1.54) is 0 Å². The molecule has 0 aliphatic rings. The third-order valence-electron chi connectivity index (χ3n) is 2.91. The fourth-order valence-electron chi connectivity index (χ4n) is 1.93. The summed E-state index contributed by atoms with van der Waals surface area (Å²) < 4.78 is 13.5. The Balaban J connectivity index is 2.53. The summed E-state index contributed by atoms with van der Waals surface area (Å²) in [4.78, 5) is 12.1. The minimum atomic E-state index is -0.418. The quantitative estimate of drug-likeness (QED) is 0.743. The third-order valence-corrected chi connectivity index (χ3v) is 2.91. The van der Waals surface area contributed by atoms with E-state index < -0.39 is 6.29 Å². The summed E-state index contributed by atoms with van der Waals surface area (Å²) >= 11 is 0. The van der Waals surface area contributed by atoms with Crippen molar-refractivity contribution in [1.29, 1.82) is 0 Å². The molecule has 0 saturated heterocycles. The number of ether oxygens (including phenoxy) is 2. The number of fused-ring (bicyclic) bond motifs is 1. The van der Waals surface area contributed by atoms with Crippen molar-refractivity contribution < 1.29 is 9.47 Å². The van der Waals surface area contributed by atoms with Gasteiger partial charge in [0.25, 0.3) is 0 Å². The lowest BCUT2D eigenvalue weighted by Gasteiger charge is -2.13. The number of hydrogen-bond donors (Lipinski definition) is 0. The molecule has 5 heteroatoms. The highest BCUT2D eigenvalue weighted by atomic mass is 16.7. The van der Waals surface area contributed by atoms with E-state index in [4.69, 9.17) is 9.47 Å². The fraction of sp³-hybridized carbons (Fsp3) is 0.417. The van der Waals surface area contributed by atoms with Gasteiger partial charge in [0.15, 0.2) is 6.29 Å². The molecule has 0 unspecified atom stereocenters. The molecule has 0 atom stereocenters. The van der Waals surface area contributed by atoms with Crippen LogP contribution >= 0.6 is 0 Å². The minimum Gasteiger partial charge on any atom is -0.354 e. The van der Waals surface area contributed by atoms with Crippen LogP contribution in [0.3, 0.4) is 0 Å². The van der Waals surface area contributed by atoms with E-state index in [0.29, 0.717) is 6.54 Å². The number of aryl methyl sites for hydroxylation is 1. The van der Waals surface area contributed by atoms with Crippen LogP contribution in [-0.2, 0) is 23.1 Å². The van der Waals surface area contributed by atoms with Crippen LogP contribution in [0, 0.1) is 0 Å². The Morgan fingerprint density at radius 2 is 1.76 bits per heavy atom. The number of para-hydroxylation sites is 2. The van der Waals surface area contributed by atoms with Crippen molar-refractivity contribution in [3.05, 3.63) is 34.7 Å². The van der Waals surface area contributed by atoms with Crippen LogP contribution in [0.1, 0.15) is 0 Å². The number of benzene rings is 1. The number of aromatic nitrogens is 2. The van der Waals surface area contributed by atoms with Gasteiger partial charge < -0.3 is 9.47 Å². The van der Waals surface area contributed by atoms with E-state index in [0.717, 1.165) is 11.0 Å². The maximum Gasteiger partial charge on any atom is 0.329 e. The van der Waals surface area contributed by atoms with Crippen molar-refractivity contribution in [3.8, 4) is 0 Å². The first-order chi connectivity index (χ1) is 8.19. The Bertz CT molecular complexity index is 567. The zero-order chi connectivity index (χ0) is 12.4. The normalized spacial score (nSPS) is 11.5. The molecule has 0 amide bonds. The van der Waals surface area contributed by atoms with E-state index in [-0.39, 0.29) is 5.69 Å². The van der Waals surface area contributed by atoms with Gasteiger partial charge >= 0.3 is 5.69 Å². The van der Waals surface area contributed by atoms with Crippen LogP contribution in [0.25, 0.3) is 11.0 Å². The van der Waals surface area contributed by atoms with Crippen LogP contribution in [0.15, 0.2) is 29.1 Å². The molecule has 0 radical (unpaired) electrons. The second-order valence-corrected chi connectivity index (χ2v) is 3.84. The monoisotopic (exact) mass is 236 g/mol. The Labute approximate surface area is 99.2 Å². The van der Waals surface area contributed by atoms with Gasteiger partial charge in [-0.2, -0.15) is 0 Å². The van der Waals surface area contributed by atoms with Gasteiger partial charge in [-0.1, -0.05) is 12.1 Å². The number of hydrogen-bond acceptors (Lipinski definition) is 3. The van der Waals surface area contributed by atoms with Gasteiger partial charge in [-0.05, 0) is 12.1 Å². The van der Waals surface area contributed by atoms with Gasteiger partial charge in [-0.15, -0.1) is 0 Å². The van der Waals surface area contributed by atoms with E-state index in [9.17, 15) is 4.79 Å². The molecule has 1 aromatic heterocycles. The number of rotatable bonds is 4. The molecule has 0 bridgehead atoms. The summed E-state index contributed by atoms with van der Waals surface area (Å²) in [7, 11) is 4.88. The van der Waals surface area contributed by atoms with Crippen LogP contribution in [0.4, 0.5) is 0 Å². The summed E-state index contributed by atoms with van der Waals surface area (Å²) in [5, 5.41) is 0. The minimum absolute atomic E-state index is 0.0645. The first-order valence-corrected chi connectivity index (χ1v) is 5.39.